The summed E-state index contributed by atoms with van der Waals surface area (Å²) in [6.45, 7) is 3.10. The molecule has 24 nitrogen and oxygen atoms in total. The van der Waals surface area contributed by atoms with Gasteiger partial charge < -0.3 is 60.5 Å². The number of aliphatic hydroxyl groups excluding tert-OH is 3. The van der Waals surface area contributed by atoms with Crippen LogP contribution in [-0.2, 0) is 0 Å². The van der Waals surface area contributed by atoms with Crippen LogP contribution in [0.3, 0.4) is 0 Å². The summed E-state index contributed by atoms with van der Waals surface area (Å²) in [5.41, 5.74) is 9.72. The lowest BCUT2D eigenvalue weighted by Gasteiger charge is -2.25. The first-order chi connectivity index (χ1) is 44.6. The number of hydrogen-bond donors (Lipinski definition) is 7. The van der Waals surface area contributed by atoms with Gasteiger partial charge in [0.2, 0.25) is 16.5 Å². The van der Waals surface area contributed by atoms with Gasteiger partial charge in [-0.05, 0) is 147 Å². The number of fused-ring (bicyclic) bond motifs is 3. The maximum absolute atomic E-state index is 14.6. The molecule has 3 aliphatic heterocycles. The third kappa shape index (κ3) is 16.8. The summed E-state index contributed by atoms with van der Waals surface area (Å²) in [4.78, 5) is 29.2. The topological polar surface area (TPSA) is 273 Å². The van der Waals surface area contributed by atoms with Crippen LogP contribution < -0.4 is 31.5 Å². The second-order valence-electron chi connectivity index (χ2n) is 21.2. The monoisotopic (exact) mass is 1350 g/mol. The number of nitrogens with zero attached hydrogens (tertiary/aromatic N) is 17. The van der Waals surface area contributed by atoms with Crippen LogP contribution in [0.5, 0.6) is 0 Å². The van der Waals surface area contributed by atoms with Crippen molar-refractivity contribution in [1.82, 2.24) is 77.8 Å². The molecule has 0 unspecified atom stereocenters. The fourth-order valence-electron chi connectivity index (χ4n) is 10.6. The summed E-state index contributed by atoms with van der Waals surface area (Å²) >= 11 is 17.2. The van der Waals surface area contributed by atoms with Crippen molar-refractivity contribution in [2.45, 2.75) is 71.5 Å². The molecule has 3 aromatic carbocycles. The van der Waals surface area contributed by atoms with Gasteiger partial charge in [0.25, 0.3) is 0 Å². The minimum absolute atomic E-state index is 0. The second-order valence-corrected chi connectivity index (χ2v) is 22.2. The van der Waals surface area contributed by atoms with E-state index >= 15 is 0 Å². The first-order valence-electron chi connectivity index (χ1n) is 28.8. The van der Waals surface area contributed by atoms with Gasteiger partial charge in [0, 0.05) is 55.5 Å². The van der Waals surface area contributed by atoms with Gasteiger partial charge in [0.05, 0.1) is 67.6 Å². The molecular weight excluding hydrogens is 1290 g/mol. The molecule has 3 atom stereocenters. The van der Waals surface area contributed by atoms with Gasteiger partial charge in [-0.15, -0.1) is 15.3 Å². The van der Waals surface area contributed by atoms with Crippen molar-refractivity contribution in [2.75, 3.05) is 65.6 Å². The van der Waals surface area contributed by atoms with Crippen molar-refractivity contribution in [3.8, 4) is 17.1 Å². The van der Waals surface area contributed by atoms with Crippen LogP contribution in [0.4, 0.5) is 62.7 Å². The Kier molecular flexibility index (Phi) is 23.0. The van der Waals surface area contributed by atoms with Gasteiger partial charge in [0.1, 0.15) is 82.1 Å². The van der Waals surface area contributed by atoms with Crippen LogP contribution in [0.2, 0.25) is 15.7 Å². The van der Waals surface area contributed by atoms with Crippen LogP contribution >= 0.6 is 34.8 Å². The van der Waals surface area contributed by atoms with Crippen molar-refractivity contribution >= 4 is 92.1 Å². The predicted octanol–water partition coefficient (Wildman–Crippen LogP) is 11.1. The lowest BCUT2D eigenvalue weighted by Crippen LogP contribution is -2.34. The highest BCUT2D eigenvalue weighted by Crippen LogP contribution is 2.31. The number of imidazole rings is 3. The third-order valence-corrected chi connectivity index (χ3v) is 15.5. The van der Waals surface area contributed by atoms with Gasteiger partial charge in [0.15, 0.2) is 16.8 Å². The normalized spacial score (nSPS) is 15.7. The first kappa shape index (κ1) is 68.9. The Balaban J connectivity index is 0.000000154. The Bertz CT molecular complexity index is 4420. The third-order valence-electron chi connectivity index (χ3n) is 14.9. The molecule has 9 aromatic heterocycles. The van der Waals surface area contributed by atoms with Crippen molar-refractivity contribution in [3.05, 3.63) is 192 Å². The largest absolute Gasteiger partial charge is 0.395 e. The van der Waals surface area contributed by atoms with E-state index in [1.54, 1.807) is 55.3 Å². The molecule has 3 saturated heterocycles. The number of halogens is 8. The number of nitrogens with two attached hydrogens (primary N) is 1. The van der Waals surface area contributed by atoms with E-state index in [1.807, 2.05) is 47.5 Å². The zero-order chi connectivity index (χ0) is 64.4. The smallest absolute Gasteiger partial charge is 0.245 e. The van der Waals surface area contributed by atoms with Gasteiger partial charge in [-0.25, -0.2) is 55.4 Å². The van der Waals surface area contributed by atoms with Crippen LogP contribution in [0, 0.1) is 29.1 Å². The van der Waals surface area contributed by atoms with Crippen molar-refractivity contribution in [3.63, 3.8) is 0 Å². The maximum atomic E-state index is 14.6. The van der Waals surface area contributed by atoms with Crippen molar-refractivity contribution in [2.24, 2.45) is 0 Å². The highest BCUT2D eigenvalue weighted by molar-refractivity contribution is 6.34. The van der Waals surface area contributed by atoms with E-state index in [-0.39, 0.29) is 56.5 Å². The molecule has 0 bridgehead atoms. The summed E-state index contributed by atoms with van der Waals surface area (Å²) in [7, 11) is 0. The summed E-state index contributed by atoms with van der Waals surface area (Å²) in [6.07, 6.45) is 20.8. The van der Waals surface area contributed by atoms with E-state index in [1.165, 1.54) is 70.8 Å². The Morgan fingerprint density at radius 1 is 0.511 bits per heavy atom. The fraction of sp³-hybridized carbons (Fsp3) is 0.274. The number of rotatable bonds is 12. The van der Waals surface area contributed by atoms with E-state index in [0.29, 0.717) is 75.4 Å². The number of hydrogen-bond acceptors (Lipinski definition) is 18. The standard InChI is InChI=1S/C25H29FN8O2.C15H9ClF2N6.C9H7F2N3.C6H3Cl2N3.C5H11NO.2CH4/c26-17-10-20(12-21(11-17)32-7-1-4-18(32)14-35)31-13-23(27-16-31)28-24-22-6-3-9-34(22)30-25(29-24)33-8-2-5-19(33)15-36;16-15-21-14(12-2-1-3-24(12)22-15)20-13-7-23(8-19-13)11-5-9(17)4-10(18)6-11;10-6-1-7(11)3-8(2-6)14-4-9(12)13-5-14;7-5-4-2-1-3-11(4)10-6(8)9-5;7-4-5-2-1-3-6-5;;/h3,6,9-13,16,18-19,35-36H,1-2,4-5,7-8,14-15H2,(H,28,29,30);1-8H,(H,20,21,22);1-5H,12H2;1-3H;5-7H,1-4H2;2*1H4/t18-,19-;;;;5-;;/m0...0../s1. The second kappa shape index (κ2) is 31.4. The van der Waals surface area contributed by atoms with Gasteiger partial charge in [-0.1, -0.05) is 26.5 Å². The average molecular weight is 1360 g/mol. The molecule has 15 rings (SSSR count). The van der Waals surface area contributed by atoms with Crippen LogP contribution in [0.1, 0.15) is 53.4 Å². The summed E-state index contributed by atoms with van der Waals surface area (Å²) in [6, 6.07) is 22.8. The van der Waals surface area contributed by atoms with Crippen molar-refractivity contribution in [1.29, 1.82) is 0 Å². The van der Waals surface area contributed by atoms with E-state index in [0.717, 1.165) is 80.6 Å². The molecule has 0 radical (unpaired) electrons. The lowest BCUT2D eigenvalue weighted by atomic mass is 10.2. The van der Waals surface area contributed by atoms with E-state index < -0.39 is 23.3 Å². The number of nitrogen functional groups attached to an aromatic ring is 1. The van der Waals surface area contributed by atoms with Crippen molar-refractivity contribution < 1.29 is 37.3 Å². The molecule has 3 fully saturated rings. The van der Waals surface area contributed by atoms with E-state index in [4.69, 9.17) is 50.6 Å². The molecule has 0 spiro atoms. The lowest BCUT2D eigenvalue weighted by molar-refractivity contribution is 0.255. The highest BCUT2D eigenvalue weighted by atomic mass is 35.5. The number of aromatic nitrogens is 15. The minimum atomic E-state index is -0.661. The Morgan fingerprint density at radius 2 is 0.968 bits per heavy atom. The molecular formula is C62H67Cl3F5N21O3. The molecule has 0 amide bonds. The molecule has 12 heterocycles. The molecule has 0 saturated carbocycles. The molecule has 94 heavy (non-hydrogen) atoms. The Morgan fingerprint density at radius 3 is 1.48 bits per heavy atom. The molecule has 3 aliphatic rings. The average Bonchev–Trinajstić information content (AvgIpc) is 1.62. The number of nitrogens with one attached hydrogen (secondary N) is 3. The molecule has 32 heteroatoms. The molecule has 0 aliphatic carbocycles. The molecule has 8 N–H and O–H groups in total. The summed E-state index contributed by atoms with van der Waals surface area (Å²) < 4.78 is 76.5. The first-order valence-corrected chi connectivity index (χ1v) is 30.0. The minimum Gasteiger partial charge on any atom is -0.395 e. The predicted molar refractivity (Wildman–Crippen MR) is 352 cm³/mol. The van der Waals surface area contributed by atoms with Crippen LogP contribution in [0.15, 0.2) is 147 Å². The highest BCUT2D eigenvalue weighted by Gasteiger charge is 2.28. The molecule has 494 valence electrons. The van der Waals surface area contributed by atoms with E-state index in [2.05, 4.69) is 61.1 Å². The number of benzene rings is 3. The molecule has 12 aromatic rings. The van der Waals surface area contributed by atoms with Gasteiger partial charge in [-0.3, -0.25) is 0 Å². The maximum Gasteiger partial charge on any atom is 0.245 e. The quantitative estimate of drug-likeness (QED) is 0.0560. The number of anilines is 7. The summed E-state index contributed by atoms with van der Waals surface area (Å²) in [5, 5.41) is 50.5. The van der Waals surface area contributed by atoms with Crippen LogP contribution in [0.25, 0.3) is 33.6 Å². The zero-order valence-corrected chi connectivity index (χ0v) is 50.9. The zero-order valence-electron chi connectivity index (χ0n) is 48.6. The Hall–Kier alpha value is -9.49. The van der Waals surface area contributed by atoms with Crippen LogP contribution in [-0.4, -0.2) is 145 Å². The fourth-order valence-corrected chi connectivity index (χ4v) is 11.2. The van der Waals surface area contributed by atoms with Gasteiger partial charge >= 0.3 is 0 Å². The summed E-state index contributed by atoms with van der Waals surface area (Å²) in [5.74, 6) is -0.00629. The van der Waals surface area contributed by atoms with E-state index in [9.17, 15) is 32.2 Å². The Labute approximate surface area is 550 Å². The number of aliphatic hydroxyl groups is 3. The van der Waals surface area contributed by atoms with Gasteiger partial charge in [-0.2, -0.15) is 9.97 Å². The SMILES string of the molecule is C.C.Clc1nc(Cl)c2cccn2n1.Fc1cc(F)cc(-n2cnc(Nc3nc(Cl)nn4cccc34)c2)c1.Nc1cn(-c2cc(F)cc(F)c2)cn1.OC[C@@H]1CCCN1.OC[C@@H]1CCCN1c1cc(F)cc(-n2cnc(Nc3nc(N4CCC[C@H]4CO)nn4cccc34)c2)c1.